The molecule has 4 nitrogen and oxygen atoms in total. The first kappa shape index (κ1) is 16.5. The third kappa shape index (κ3) is 2.88. The molecule has 0 N–H and O–H groups in total. The van der Waals surface area contributed by atoms with Crippen LogP contribution in [0.4, 0.5) is 0 Å². The molecule has 0 bridgehead atoms. The summed E-state index contributed by atoms with van der Waals surface area (Å²) < 4.78 is 23.1. The normalized spacial score (nSPS) is 28.0. The summed E-state index contributed by atoms with van der Waals surface area (Å²) in [5.74, 6) is -0.116. The van der Waals surface area contributed by atoms with E-state index in [-0.39, 0.29) is 11.5 Å². The Balaban J connectivity index is 2.22. The summed E-state index contributed by atoms with van der Waals surface area (Å²) in [7, 11) is 1.52. The fraction of sp³-hybridized carbons (Fsp3) is 0.625. The zero-order valence-corrected chi connectivity index (χ0v) is 15.0. The average Bonchev–Trinajstić information content (AvgIpc) is 2.42. The first-order valence-electron chi connectivity index (χ1n) is 7.22. The number of hydrogen-bond acceptors (Lipinski definition) is 4. The molecule has 0 saturated carbocycles. The smallest absolute Gasteiger partial charge is 0.282 e. The Morgan fingerprint density at radius 1 is 1.05 bits per heavy atom. The quantitative estimate of drug-likeness (QED) is 0.609. The van der Waals surface area contributed by atoms with Gasteiger partial charge in [0.15, 0.2) is 8.32 Å². The number of rotatable bonds is 5. The van der Waals surface area contributed by atoms with E-state index in [0.29, 0.717) is 0 Å². The Hall–Kier alpha value is -0.883. The maximum Gasteiger partial charge on any atom is 0.282 e. The van der Waals surface area contributed by atoms with E-state index in [1.54, 1.807) is 14.2 Å². The van der Waals surface area contributed by atoms with Crippen LogP contribution in [0.25, 0.3) is 0 Å². The van der Waals surface area contributed by atoms with Gasteiger partial charge in [0.1, 0.15) is 11.9 Å². The van der Waals surface area contributed by atoms with Crippen molar-refractivity contribution in [2.45, 2.75) is 45.6 Å². The second-order valence-electron chi connectivity index (χ2n) is 6.97. The highest BCUT2D eigenvalue weighted by atomic mass is 28.4. The molecule has 0 amide bonds. The van der Waals surface area contributed by atoms with Crippen LogP contribution in [0.1, 0.15) is 25.5 Å². The van der Waals surface area contributed by atoms with E-state index in [0.717, 1.165) is 11.3 Å². The lowest BCUT2D eigenvalue weighted by Gasteiger charge is -2.60. The summed E-state index contributed by atoms with van der Waals surface area (Å²) >= 11 is 0. The van der Waals surface area contributed by atoms with Gasteiger partial charge in [-0.25, -0.2) is 0 Å². The van der Waals surface area contributed by atoms with Crippen LogP contribution in [0.5, 0.6) is 5.75 Å². The molecule has 1 aromatic carbocycles. The molecular formula is C16H26O4Si. The molecule has 1 heterocycles. The number of ether oxygens (including phenoxy) is 3. The molecule has 1 saturated heterocycles. The highest BCUT2D eigenvalue weighted by molar-refractivity contribution is 6.69. The molecule has 1 aromatic rings. The highest BCUT2D eigenvalue weighted by Gasteiger charge is 2.66. The van der Waals surface area contributed by atoms with E-state index < -0.39 is 14.3 Å². The molecule has 0 spiro atoms. The second kappa shape index (κ2) is 5.39. The monoisotopic (exact) mass is 310 g/mol. The molecule has 2 rings (SSSR count). The Kier molecular flexibility index (Phi) is 4.23. The molecule has 5 heteroatoms. The Bertz CT molecular complexity index is 492. The van der Waals surface area contributed by atoms with Gasteiger partial charge in [0.2, 0.25) is 0 Å². The summed E-state index contributed by atoms with van der Waals surface area (Å²) in [6.45, 7) is 10.6. The van der Waals surface area contributed by atoms with Crippen molar-refractivity contribution in [2.75, 3.05) is 14.2 Å². The predicted molar refractivity (Wildman–Crippen MR) is 84.8 cm³/mol. The maximum absolute atomic E-state index is 6.19. The van der Waals surface area contributed by atoms with Gasteiger partial charge in [0, 0.05) is 7.11 Å². The number of methoxy groups -OCH3 is 2. The molecule has 2 atom stereocenters. The van der Waals surface area contributed by atoms with Gasteiger partial charge in [-0.2, -0.15) is 0 Å². The van der Waals surface area contributed by atoms with Gasteiger partial charge in [-0.3, -0.25) is 0 Å². The van der Waals surface area contributed by atoms with E-state index in [1.165, 1.54) is 0 Å². The van der Waals surface area contributed by atoms with Gasteiger partial charge in [0.05, 0.1) is 12.5 Å². The van der Waals surface area contributed by atoms with Gasteiger partial charge in [-0.05, 0) is 51.2 Å². The molecule has 0 radical (unpaired) electrons. The summed E-state index contributed by atoms with van der Waals surface area (Å²) in [6.07, 6.45) is -0.0558. The fourth-order valence-electron chi connectivity index (χ4n) is 2.73. The molecule has 0 aliphatic carbocycles. The zero-order chi connectivity index (χ0) is 15.9. The van der Waals surface area contributed by atoms with Gasteiger partial charge in [-0.1, -0.05) is 12.1 Å². The van der Waals surface area contributed by atoms with Crippen LogP contribution in [0.3, 0.4) is 0 Å². The third-order valence-corrected chi connectivity index (χ3v) is 4.73. The second-order valence-corrected chi connectivity index (χ2v) is 11.4. The predicted octanol–water partition coefficient (Wildman–Crippen LogP) is 3.94. The minimum absolute atomic E-state index is 0.0558. The molecule has 2 unspecified atom stereocenters. The molecule has 0 aromatic heterocycles. The van der Waals surface area contributed by atoms with Crippen molar-refractivity contribution < 1.29 is 18.6 Å². The standard InChI is InChI=1S/C16H26O4Si/c1-15(2)14(12-8-10-13(17-3)11-9-12)19-16(15,18-4)20-21(5,6)7/h8-11,14H,1-7H3. The topological polar surface area (TPSA) is 36.9 Å². The molecule has 21 heavy (non-hydrogen) atoms. The minimum atomic E-state index is -1.79. The van der Waals surface area contributed by atoms with Crippen molar-refractivity contribution in [1.29, 1.82) is 0 Å². The van der Waals surface area contributed by atoms with Crippen molar-refractivity contribution in [3.05, 3.63) is 29.8 Å². The van der Waals surface area contributed by atoms with Crippen LogP contribution >= 0.6 is 0 Å². The van der Waals surface area contributed by atoms with Crippen LogP contribution < -0.4 is 4.74 Å². The van der Waals surface area contributed by atoms with Crippen molar-refractivity contribution in [3.63, 3.8) is 0 Å². The van der Waals surface area contributed by atoms with Crippen LogP contribution in [0.15, 0.2) is 24.3 Å². The fourth-order valence-corrected chi connectivity index (χ4v) is 3.93. The zero-order valence-electron chi connectivity index (χ0n) is 14.0. The van der Waals surface area contributed by atoms with Crippen molar-refractivity contribution in [2.24, 2.45) is 5.41 Å². The first-order valence-corrected chi connectivity index (χ1v) is 10.6. The van der Waals surface area contributed by atoms with Crippen LogP contribution in [-0.2, 0) is 13.9 Å². The Morgan fingerprint density at radius 3 is 2.00 bits per heavy atom. The molecule has 1 aliphatic heterocycles. The van der Waals surface area contributed by atoms with E-state index in [4.69, 9.17) is 18.6 Å². The molecule has 118 valence electrons. The van der Waals surface area contributed by atoms with Gasteiger partial charge in [-0.15, -0.1) is 0 Å². The lowest BCUT2D eigenvalue weighted by molar-refractivity contribution is -0.499. The average molecular weight is 310 g/mol. The lowest BCUT2D eigenvalue weighted by atomic mass is 9.75. The van der Waals surface area contributed by atoms with Crippen LogP contribution in [0, 0.1) is 5.41 Å². The summed E-state index contributed by atoms with van der Waals surface area (Å²) in [6, 6.07) is 7.95. The van der Waals surface area contributed by atoms with Crippen molar-refractivity contribution in [3.8, 4) is 5.75 Å². The number of hydrogen-bond donors (Lipinski definition) is 0. The van der Waals surface area contributed by atoms with Crippen LogP contribution in [0.2, 0.25) is 19.6 Å². The lowest BCUT2D eigenvalue weighted by Crippen LogP contribution is -2.67. The maximum atomic E-state index is 6.19. The highest BCUT2D eigenvalue weighted by Crippen LogP contribution is 2.59. The summed E-state index contributed by atoms with van der Waals surface area (Å²) in [5.41, 5.74) is 0.837. The SMILES string of the molecule is COc1ccc(C2OC(OC)(O[Si](C)(C)C)C2(C)C)cc1. The van der Waals surface area contributed by atoms with Crippen molar-refractivity contribution >= 4 is 8.32 Å². The largest absolute Gasteiger partial charge is 0.497 e. The van der Waals surface area contributed by atoms with Crippen LogP contribution in [-0.4, -0.2) is 28.5 Å². The van der Waals surface area contributed by atoms with Gasteiger partial charge < -0.3 is 18.6 Å². The minimum Gasteiger partial charge on any atom is -0.497 e. The first-order chi connectivity index (χ1) is 9.65. The van der Waals surface area contributed by atoms with Crippen molar-refractivity contribution in [1.82, 2.24) is 0 Å². The third-order valence-electron chi connectivity index (χ3n) is 3.85. The Labute approximate surface area is 128 Å². The van der Waals surface area contributed by atoms with Gasteiger partial charge >= 0.3 is 0 Å². The molecular weight excluding hydrogens is 284 g/mol. The van der Waals surface area contributed by atoms with E-state index in [1.807, 2.05) is 24.3 Å². The van der Waals surface area contributed by atoms with Gasteiger partial charge in [0.25, 0.3) is 5.97 Å². The molecule has 1 aliphatic rings. The van der Waals surface area contributed by atoms with E-state index in [2.05, 4.69) is 33.5 Å². The van der Waals surface area contributed by atoms with E-state index in [9.17, 15) is 0 Å². The summed E-state index contributed by atoms with van der Waals surface area (Å²) in [4.78, 5) is 0. The van der Waals surface area contributed by atoms with E-state index >= 15 is 0 Å². The Morgan fingerprint density at radius 2 is 1.62 bits per heavy atom. The number of benzene rings is 1. The molecule has 1 fully saturated rings. The summed E-state index contributed by atoms with van der Waals surface area (Å²) in [5, 5.41) is 0.